The molecule has 0 heterocycles. The van der Waals surface area contributed by atoms with Crippen LogP contribution in [0.15, 0.2) is 42.5 Å². The molecule has 0 radical (unpaired) electrons. The minimum Gasteiger partial charge on any atom is -0.494 e. The van der Waals surface area contributed by atoms with Crippen LogP contribution in [0.1, 0.15) is 12.5 Å². The van der Waals surface area contributed by atoms with Gasteiger partial charge in [0.25, 0.3) is 0 Å². The summed E-state index contributed by atoms with van der Waals surface area (Å²) in [6.45, 7) is 2.55. The van der Waals surface area contributed by atoms with Crippen LogP contribution >= 0.6 is 11.6 Å². The number of halogens is 1. The molecule has 0 atom stereocenters. The number of carbonyl (C=O) groups excluding carboxylic acids is 1. The fourth-order valence-corrected chi connectivity index (χ4v) is 2.08. The highest BCUT2D eigenvalue weighted by Gasteiger charge is 2.07. The maximum Gasteiger partial charge on any atom is 0.228 e. The van der Waals surface area contributed by atoms with Crippen LogP contribution in [0.25, 0.3) is 0 Å². The number of nitrogens with one attached hydrogen (secondary N) is 1. The van der Waals surface area contributed by atoms with Crippen LogP contribution in [-0.2, 0) is 11.2 Å². The average Bonchev–Trinajstić information content (AvgIpc) is 2.44. The minimum atomic E-state index is -0.131. The molecule has 0 aliphatic carbocycles. The Labute approximate surface area is 128 Å². The Balaban J connectivity index is 1.98. The molecule has 110 valence electrons. The largest absolute Gasteiger partial charge is 0.494 e. The summed E-state index contributed by atoms with van der Waals surface area (Å²) in [7, 11) is 0. The zero-order valence-corrected chi connectivity index (χ0v) is 12.5. The smallest absolute Gasteiger partial charge is 0.228 e. The van der Waals surface area contributed by atoms with E-state index < -0.39 is 0 Å². The van der Waals surface area contributed by atoms with Crippen molar-refractivity contribution < 1.29 is 9.53 Å². The van der Waals surface area contributed by atoms with Crippen molar-refractivity contribution in [2.45, 2.75) is 13.3 Å². The molecule has 2 aromatic rings. The molecule has 0 aliphatic heterocycles. The zero-order valence-electron chi connectivity index (χ0n) is 11.7. The van der Waals surface area contributed by atoms with Crippen molar-refractivity contribution in [1.29, 1.82) is 0 Å². The summed E-state index contributed by atoms with van der Waals surface area (Å²) < 4.78 is 5.36. The lowest BCUT2D eigenvalue weighted by Crippen LogP contribution is -2.15. The molecule has 0 saturated carbocycles. The fourth-order valence-electron chi connectivity index (χ4n) is 1.90. The highest BCUT2D eigenvalue weighted by Crippen LogP contribution is 2.23. The molecule has 0 spiro atoms. The third kappa shape index (κ3) is 4.39. The lowest BCUT2D eigenvalue weighted by Gasteiger charge is -2.09. The van der Waals surface area contributed by atoms with Gasteiger partial charge in [-0.1, -0.05) is 23.7 Å². The van der Waals surface area contributed by atoms with E-state index in [9.17, 15) is 4.79 Å². The van der Waals surface area contributed by atoms with Gasteiger partial charge in [-0.25, -0.2) is 0 Å². The Bertz CT molecular complexity index is 627. The Morgan fingerprint density at radius 3 is 2.57 bits per heavy atom. The van der Waals surface area contributed by atoms with E-state index in [1.807, 2.05) is 31.2 Å². The molecule has 2 rings (SSSR count). The summed E-state index contributed by atoms with van der Waals surface area (Å²) in [5, 5.41) is 3.31. The molecule has 21 heavy (non-hydrogen) atoms. The van der Waals surface area contributed by atoms with Gasteiger partial charge in [0.05, 0.1) is 24.4 Å². The van der Waals surface area contributed by atoms with Crippen molar-refractivity contribution in [3.05, 3.63) is 53.1 Å². The van der Waals surface area contributed by atoms with Crippen molar-refractivity contribution in [2.75, 3.05) is 17.7 Å². The quantitative estimate of drug-likeness (QED) is 0.831. The lowest BCUT2D eigenvalue weighted by molar-refractivity contribution is -0.115. The van der Waals surface area contributed by atoms with Gasteiger partial charge in [-0.15, -0.1) is 0 Å². The zero-order chi connectivity index (χ0) is 15.2. The van der Waals surface area contributed by atoms with Crippen molar-refractivity contribution in [1.82, 2.24) is 0 Å². The van der Waals surface area contributed by atoms with Gasteiger partial charge in [0, 0.05) is 5.02 Å². The first-order valence-electron chi connectivity index (χ1n) is 6.65. The molecule has 0 saturated heterocycles. The third-order valence-electron chi connectivity index (χ3n) is 2.89. The van der Waals surface area contributed by atoms with Crippen LogP contribution in [0.5, 0.6) is 5.75 Å². The molecule has 4 nitrogen and oxygen atoms in total. The third-order valence-corrected chi connectivity index (χ3v) is 3.12. The number of hydrogen-bond acceptors (Lipinski definition) is 3. The monoisotopic (exact) mass is 304 g/mol. The van der Waals surface area contributed by atoms with Crippen molar-refractivity contribution in [2.24, 2.45) is 0 Å². The van der Waals surface area contributed by atoms with Gasteiger partial charge >= 0.3 is 0 Å². The molecule has 0 aromatic heterocycles. The molecule has 0 aliphatic rings. The Morgan fingerprint density at radius 1 is 1.24 bits per heavy atom. The van der Waals surface area contributed by atoms with Crippen LogP contribution in [0.4, 0.5) is 11.4 Å². The highest BCUT2D eigenvalue weighted by molar-refractivity contribution is 6.31. The Kier molecular flexibility index (Phi) is 5.06. The number of carbonyl (C=O) groups is 1. The number of benzene rings is 2. The summed E-state index contributed by atoms with van der Waals surface area (Å²) in [4.78, 5) is 12.0. The first-order valence-corrected chi connectivity index (χ1v) is 7.03. The van der Waals surface area contributed by atoms with E-state index in [1.165, 1.54) is 0 Å². The first kappa shape index (κ1) is 15.2. The molecular formula is C16H17ClN2O2. The highest BCUT2D eigenvalue weighted by atomic mass is 35.5. The predicted molar refractivity (Wildman–Crippen MR) is 85.8 cm³/mol. The minimum absolute atomic E-state index is 0.131. The maximum absolute atomic E-state index is 12.0. The number of nitrogens with two attached hydrogens (primary N) is 1. The molecule has 0 fully saturated rings. The summed E-state index contributed by atoms with van der Waals surface area (Å²) in [6.07, 6.45) is 0.272. The molecular weight excluding hydrogens is 288 g/mol. The SMILES string of the molecule is CCOc1ccc(CC(=O)Nc2ccc(Cl)cc2N)cc1. The van der Waals surface area contributed by atoms with Gasteiger partial charge < -0.3 is 15.8 Å². The first-order chi connectivity index (χ1) is 10.1. The van der Waals surface area contributed by atoms with Gasteiger partial charge in [0.1, 0.15) is 5.75 Å². The van der Waals surface area contributed by atoms with E-state index in [0.717, 1.165) is 11.3 Å². The van der Waals surface area contributed by atoms with Gasteiger partial charge in [0.2, 0.25) is 5.91 Å². The lowest BCUT2D eigenvalue weighted by atomic mass is 10.1. The second kappa shape index (κ2) is 6.99. The van der Waals surface area contributed by atoms with Crippen LogP contribution in [0.2, 0.25) is 5.02 Å². The molecule has 3 N–H and O–H groups in total. The summed E-state index contributed by atoms with van der Waals surface area (Å²) >= 11 is 5.82. The van der Waals surface area contributed by atoms with Crippen molar-refractivity contribution in [3.8, 4) is 5.75 Å². The van der Waals surface area contributed by atoms with Gasteiger partial charge in [0.15, 0.2) is 0 Å². The summed E-state index contributed by atoms with van der Waals surface area (Å²) in [6, 6.07) is 12.4. The summed E-state index contributed by atoms with van der Waals surface area (Å²) in [5.74, 6) is 0.664. The normalized spacial score (nSPS) is 10.2. The van der Waals surface area contributed by atoms with E-state index >= 15 is 0 Å². The van der Waals surface area contributed by atoms with Gasteiger partial charge in [-0.05, 0) is 42.8 Å². The molecule has 2 aromatic carbocycles. The van der Waals surface area contributed by atoms with Crippen molar-refractivity contribution >= 4 is 28.9 Å². The maximum atomic E-state index is 12.0. The Morgan fingerprint density at radius 2 is 1.95 bits per heavy atom. The van der Waals surface area contributed by atoms with Crippen LogP contribution < -0.4 is 15.8 Å². The van der Waals surface area contributed by atoms with Gasteiger partial charge in [-0.3, -0.25) is 4.79 Å². The van der Waals surface area contributed by atoms with Crippen molar-refractivity contribution in [3.63, 3.8) is 0 Å². The predicted octanol–water partition coefficient (Wildman–Crippen LogP) is 3.50. The second-order valence-electron chi connectivity index (χ2n) is 4.53. The number of rotatable bonds is 5. The van der Waals surface area contributed by atoms with E-state index in [-0.39, 0.29) is 12.3 Å². The van der Waals surface area contributed by atoms with Gasteiger partial charge in [-0.2, -0.15) is 0 Å². The molecule has 5 heteroatoms. The average molecular weight is 305 g/mol. The Hall–Kier alpha value is -2.20. The molecule has 0 bridgehead atoms. The van der Waals surface area contributed by atoms with Crippen LogP contribution in [0, 0.1) is 0 Å². The number of anilines is 2. The van der Waals surface area contributed by atoms with Crippen LogP contribution in [-0.4, -0.2) is 12.5 Å². The summed E-state index contributed by atoms with van der Waals surface area (Å²) in [5.41, 5.74) is 7.72. The molecule has 0 unspecified atom stereocenters. The second-order valence-corrected chi connectivity index (χ2v) is 4.97. The van der Waals surface area contributed by atoms with E-state index in [4.69, 9.17) is 22.1 Å². The van der Waals surface area contributed by atoms with E-state index in [0.29, 0.717) is 23.0 Å². The molecule has 1 amide bonds. The standard InChI is InChI=1S/C16H17ClN2O2/c1-2-21-13-6-3-11(4-7-13)9-16(20)19-15-8-5-12(17)10-14(15)18/h3-8,10H,2,9,18H2,1H3,(H,19,20). The van der Waals surface area contributed by atoms with E-state index in [1.54, 1.807) is 18.2 Å². The number of nitrogen functional groups attached to an aromatic ring is 1. The number of amides is 1. The fraction of sp³-hybridized carbons (Fsp3) is 0.188. The topological polar surface area (TPSA) is 64.3 Å². The number of hydrogen-bond donors (Lipinski definition) is 2. The van der Waals surface area contributed by atoms with E-state index in [2.05, 4.69) is 5.32 Å². The van der Waals surface area contributed by atoms with Crippen LogP contribution in [0.3, 0.4) is 0 Å². The number of ether oxygens (including phenoxy) is 1.